The van der Waals surface area contributed by atoms with Gasteiger partial charge in [0.15, 0.2) is 5.71 Å². The molecule has 0 radical (unpaired) electrons. The van der Waals surface area contributed by atoms with Crippen molar-refractivity contribution in [2.75, 3.05) is 0 Å². The average Bonchev–Trinajstić information content (AvgIpc) is 1.81. The van der Waals surface area contributed by atoms with E-state index < -0.39 is 11.9 Å². The molecule has 70 valence electrons. The molecule has 5 heteroatoms. The smallest absolute Gasteiger partial charge is 0.392 e. The lowest BCUT2D eigenvalue weighted by molar-refractivity contribution is -0.0672. The Kier molecular flexibility index (Phi) is 2.59. The predicted octanol–water partition coefficient (Wildman–Crippen LogP) is 2.49. The van der Waals surface area contributed by atoms with Gasteiger partial charge in [-0.1, -0.05) is 5.16 Å². The Labute approximate surface area is 68.4 Å². The quantitative estimate of drug-likeness (QED) is 0.473. The highest BCUT2D eigenvalue weighted by molar-refractivity contribution is 5.86. The first-order chi connectivity index (χ1) is 5.50. The van der Waals surface area contributed by atoms with Crippen LogP contribution in [0.1, 0.15) is 26.2 Å². The van der Waals surface area contributed by atoms with Crippen LogP contribution in [-0.4, -0.2) is 18.0 Å². The molecule has 1 rings (SSSR count). The van der Waals surface area contributed by atoms with Gasteiger partial charge in [0.1, 0.15) is 6.10 Å². The highest BCUT2D eigenvalue weighted by atomic mass is 19.4. The minimum Gasteiger partial charge on any atom is -0.392 e. The Hall–Kier alpha value is -0.740. The van der Waals surface area contributed by atoms with Crippen LogP contribution in [-0.2, 0) is 4.84 Å². The van der Waals surface area contributed by atoms with Gasteiger partial charge in [-0.05, 0) is 26.2 Å². The molecule has 1 fully saturated rings. The molecule has 0 amide bonds. The van der Waals surface area contributed by atoms with Gasteiger partial charge in [-0.25, -0.2) is 0 Å². The van der Waals surface area contributed by atoms with Gasteiger partial charge in [-0.2, -0.15) is 13.2 Å². The third-order valence-corrected chi connectivity index (χ3v) is 1.80. The van der Waals surface area contributed by atoms with Gasteiger partial charge in [0, 0.05) is 0 Å². The number of nitrogens with zero attached hydrogens (tertiary/aromatic N) is 1. The van der Waals surface area contributed by atoms with Crippen molar-refractivity contribution in [1.82, 2.24) is 0 Å². The van der Waals surface area contributed by atoms with Crippen molar-refractivity contribution in [3.05, 3.63) is 0 Å². The van der Waals surface area contributed by atoms with Crippen molar-refractivity contribution < 1.29 is 18.0 Å². The maximum Gasteiger partial charge on any atom is 0.432 e. The molecule has 12 heavy (non-hydrogen) atoms. The van der Waals surface area contributed by atoms with Crippen LogP contribution in [0.25, 0.3) is 0 Å². The fourth-order valence-electron chi connectivity index (χ4n) is 0.682. The highest BCUT2D eigenvalue weighted by Gasteiger charge is 2.33. The van der Waals surface area contributed by atoms with E-state index in [2.05, 4.69) is 9.99 Å². The molecule has 0 saturated heterocycles. The molecule has 0 N–H and O–H groups in total. The number of hydrogen-bond donors (Lipinski definition) is 0. The van der Waals surface area contributed by atoms with E-state index in [0.29, 0.717) is 0 Å². The third kappa shape index (κ3) is 2.39. The zero-order chi connectivity index (χ0) is 9.19. The maximum absolute atomic E-state index is 11.8. The number of rotatable bonds is 2. The molecule has 0 aliphatic heterocycles. The van der Waals surface area contributed by atoms with E-state index in [1.807, 2.05) is 0 Å². The van der Waals surface area contributed by atoms with Crippen molar-refractivity contribution in [2.24, 2.45) is 5.16 Å². The van der Waals surface area contributed by atoms with Crippen LogP contribution in [0.15, 0.2) is 5.16 Å². The maximum atomic E-state index is 11.8. The molecular formula is C7H10F3NO. The van der Waals surface area contributed by atoms with Crippen LogP contribution in [0, 0.1) is 0 Å². The van der Waals surface area contributed by atoms with E-state index in [-0.39, 0.29) is 6.10 Å². The average molecular weight is 181 g/mol. The number of halogens is 3. The summed E-state index contributed by atoms with van der Waals surface area (Å²) in [5.74, 6) is 0. The van der Waals surface area contributed by atoms with Crippen molar-refractivity contribution in [2.45, 2.75) is 38.5 Å². The first-order valence-electron chi connectivity index (χ1n) is 3.78. The molecule has 0 aromatic carbocycles. The summed E-state index contributed by atoms with van der Waals surface area (Å²) in [7, 11) is 0. The molecule has 0 unspecified atom stereocenters. The van der Waals surface area contributed by atoms with Gasteiger partial charge in [0.2, 0.25) is 0 Å². The second kappa shape index (κ2) is 3.33. The van der Waals surface area contributed by atoms with Gasteiger partial charge >= 0.3 is 6.18 Å². The van der Waals surface area contributed by atoms with Crippen molar-refractivity contribution >= 4 is 5.71 Å². The Balaban J connectivity index is 2.34. The SMILES string of the molecule is C/C(=N\OC1CCC1)C(F)(F)F. The van der Waals surface area contributed by atoms with E-state index in [1.54, 1.807) is 0 Å². The highest BCUT2D eigenvalue weighted by Crippen LogP contribution is 2.23. The summed E-state index contributed by atoms with van der Waals surface area (Å²) in [6, 6.07) is 0. The number of alkyl halides is 3. The molecule has 0 aromatic heterocycles. The van der Waals surface area contributed by atoms with Crippen molar-refractivity contribution in [3.63, 3.8) is 0 Å². The van der Waals surface area contributed by atoms with E-state index in [1.165, 1.54) is 0 Å². The molecule has 0 spiro atoms. The van der Waals surface area contributed by atoms with Gasteiger partial charge in [-0.3, -0.25) is 0 Å². The molecule has 1 aliphatic rings. The van der Waals surface area contributed by atoms with Crippen LogP contribution >= 0.6 is 0 Å². The van der Waals surface area contributed by atoms with E-state index in [4.69, 9.17) is 0 Å². The zero-order valence-electron chi connectivity index (χ0n) is 6.69. The fourth-order valence-corrected chi connectivity index (χ4v) is 0.682. The van der Waals surface area contributed by atoms with Crippen LogP contribution in [0.5, 0.6) is 0 Å². The Morgan fingerprint density at radius 1 is 1.42 bits per heavy atom. The largest absolute Gasteiger partial charge is 0.432 e. The Morgan fingerprint density at radius 2 is 2.00 bits per heavy atom. The molecule has 2 nitrogen and oxygen atoms in total. The van der Waals surface area contributed by atoms with Crippen LogP contribution in [0.2, 0.25) is 0 Å². The first kappa shape index (κ1) is 9.35. The fraction of sp³-hybridized carbons (Fsp3) is 0.857. The lowest BCUT2D eigenvalue weighted by Crippen LogP contribution is -2.23. The Bertz CT molecular complexity index is 184. The van der Waals surface area contributed by atoms with Gasteiger partial charge in [-0.15, -0.1) is 0 Å². The Morgan fingerprint density at radius 3 is 2.33 bits per heavy atom. The van der Waals surface area contributed by atoms with E-state index in [0.717, 1.165) is 26.2 Å². The lowest BCUT2D eigenvalue weighted by Gasteiger charge is -2.22. The molecule has 1 aliphatic carbocycles. The normalized spacial score (nSPS) is 20.5. The molecular weight excluding hydrogens is 171 g/mol. The second-order valence-corrected chi connectivity index (χ2v) is 2.83. The summed E-state index contributed by atoms with van der Waals surface area (Å²) in [6.07, 6.45) is -1.81. The lowest BCUT2D eigenvalue weighted by atomic mass is 9.97. The standard InChI is InChI=1S/C7H10F3NO/c1-5(7(8,9)10)11-12-6-3-2-4-6/h6H,2-4H2,1H3/b11-5+. The topological polar surface area (TPSA) is 21.6 Å². The summed E-state index contributed by atoms with van der Waals surface area (Å²) in [4.78, 5) is 4.63. The molecule has 1 saturated carbocycles. The van der Waals surface area contributed by atoms with Crippen LogP contribution in [0.4, 0.5) is 13.2 Å². The van der Waals surface area contributed by atoms with E-state index in [9.17, 15) is 13.2 Å². The minimum absolute atomic E-state index is 0.0951. The van der Waals surface area contributed by atoms with Gasteiger partial charge in [0.05, 0.1) is 0 Å². The van der Waals surface area contributed by atoms with Gasteiger partial charge in [0.25, 0.3) is 0 Å². The number of hydrogen-bond acceptors (Lipinski definition) is 2. The number of oxime groups is 1. The molecule has 0 aromatic rings. The molecule has 0 heterocycles. The van der Waals surface area contributed by atoms with E-state index >= 15 is 0 Å². The second-order valence-electron chi connectivity index (χ2n) is 2.83. The van der Waals surface area contributed by atoms with Gasteiger partial charge < -0.3 is 4.84 Å². The molecule has 0 atom stereocenters. The summed E-state index contributed by atoms with van der Waals surface area (Å²) in [6.45, 7) is 0.901. The first-order valence-corrected chi connectivity index (χ1v) is 3.78. The van der Waals surface area contributed by atoms with Crippen molar-refractivity contribution in [3.8, 4) is 0 Å². The summed E-state index contributed by atoms with van der Waals surface area (Å²) in [5.41, 5.74) is -0.922. The third-order valence-electron chi connectivity index (χ3n) is 1.80. The summed E-state index contributed by atoms with van der Waals surface area (Å²) in [5, 5.41) is 3.01. The predicted molar refractivity (Wildman–Crippen MR) is 37.9 cm³/mol. The monoisotopic (exact) mass is 181 g/mol. The zero-order valence-corrected chi connectivity index (χ0v) is 6.69. The minimum atomic E-state index is -4.36. The molecule has 0 bridgehead atoms. The summed E-state index contributed by atoms with van der Waals surface area (Å²) < 4.78 is 35.4. The van der Waals surface area contributed by atoms with Crippen LogP contribution < -0.4 is 0 Å². The van der Waals surface area contributed by atoms with Crippen molar-refractivity contribution in [1.29, 1.82) is 0 Å². The summed E-state index contributed by atoms with van der Waals surface area (Å²) >= 11 is 0. The van der Waals surface area contributed by atoms with Crippen LogP contribution in [0.3, 0.4) is 0 Å².